The Labute approximate surface area is 506 Å². The SMILES string of the molecule is COC(=O)CCC1c2nc(cc3[nH]c(cc4nc(cc5[nH]c(c2C(=O)C(=O)OC)c(C(=O)OC)c5C)C(C)C4C)c(C)c3C)C1C.COC(=O)CCC1c2nc(cc3[nH]c(cc4nc(cc5[nH]c6c(c5C)C(=O)C(C)(C)c26)C(C)C4C)c(C)c3C)C1C. The van der Waals surface area contributed by atoms with Crippen molar-refractivity contribution in [3.63, 3.8) is 0 Å². The van der Waals surface area contributed by atoms with E-state index in [0.29, 0.717) is 29.6 Å². The standard InChI is InChI=1S/C35H40N4O7.C34H40N4O3/c1-15-17(3)24-13-26-19(5)21(10-11-28(40)44-7)31(38-26)30(33(41)35(43)46-9)32-29(34(42)45-8)20(6)27(39-32)14-25-18(4)16(2)23(37-25)12-22(15)36-24;1-15-17(3)24-13-26-19(5)21(10-11-28(39)41-9)31(37-26)30-32-29(33(40)34(30,7)8)20(6)27(38-32)14-25-18(4)16(2)23(36-25)12-22(15)35-24/h12-14,16,18-19,21,36,39H,10-11H2,1-9H3;12-14,16,18-19,21,35,38H,10-11H2,1-9H3. The van der Waals surface area contributed by atoms with Crippen LogP contribution in [0.1, 0.15) is 244 Å². The van der Waals surface area contributed by atoms with Gasteiger partial charge >= 0.3 is 23.9 Å². The predicted octanol–water partition coefficient (Wildman–Crippen LogP) is 13.6. The van der Waals surface area contributed by atoms with Crippen LogP contribution in [-0.4, -0.2) is 104 Å². The Morgan fingerprint density at radius 3 is 1.22 bits per heavy atom. The number of ether oxygens (including phenoxy) is 4. The van der Waals surface area contributed by atoms with E-state index in [0.717, 1.165) is 102 Å². The molecule has 5 aliphatic rings. The quantitative estimate of drug-likeness (QED) is 0.0455. The lowest BCUT2D eigenvalue weighted by Gasteiger charge is -2.23. The second-order valence-electron chi connectivity index (χ2n) is 25.1. The monoisotopic (exact) mass is 1180 g/mol. The highest BCUT2D eigenvalue weighted by Gasteiger charge is 2.47. The van der Waals surface area contributed by atoms with Crippen LogP contribution in [0.5, 0.6) is 0 Å². The van der Waals surface area contributed by atoms with E-state index in [4.69, 9.17) is 38.9 Å². The van der Waals surface area contributed by atoms with Gasteiger partial charge in [0.1, 0.15) is 0 Å². The van der Waals surface area contributed by atoms with Gasteiger partial charge in [-0.1, -0.05) is 41.5 Å². The number of aryl methyl sites for hydroxylation is 6. The highest BCUT2D eigenvalue weighted by atomic mass is 16.5. The summed E-state index contributed by atoms with van der Waals surface area (Å²) in [6.07, 6.45) is 1.22. The van der Waals surface area contributed by atoms with Crippen LogP contribution in [0.2, 0.25) is 0 Å². The third-order valence-corrected chi connectivity index (χ3v) is 20.0. The van der Waals surface area contributed by atoms with Gasteiger partial charge in [0.2, 0.25) is 0 Å². The highest BCUT2D eigenvalue weighted by molar-refractivity contribution is 6.43. The number of carbonyl (C=O) groups is 6. The van der Waals surface area contributed by atoms with Crippen LogP contribution in [0.25, 0.3) is 44.1 Å². The summed E-state index contributed by atoms with van der Waals surface area (Å²) in [5, 5.41) is 0. The molecule has 10 heterocycles. The van der Waals surface area contributed by atoms with Crippen LogP contribution in [0, 0.1) is 41.5 Å². The smallest absolute Gasteiger partial charge is 0.379 e. The van der Waals surface area contributed by atoms with Gasteiger partial charge in [-0.05, 0) is 138 Å². The van der Waals surface area contributed by atoms with Crippen LogP contribution >= 0.6 is 0 Å². The molecule has 8 unspecified atom stereocenters. The minimum atomic E-state index is -1.12. The third-order valence-electron chi connectivity index (χ3n) is 20.0. The van der Waals surface area contributed by atoms with Crippen LogP contribution in [0.15, 0.2) is 36.4 Å². The average molecular weight is 1180 g/mol. The van der Waals surface area contributed by atoms with E-state index in [1.165, 1.54) is 32.5 Å². The molecule has 16 bridgehead atoms. The van der Waals surface area contributed by atoms with E-state index in [-0.39, 0.29) is 88.4 Å². The Kier molecular flexibility index (Phi) is 16.5. The first kappa shape index (κ1) is 61.5. The van der Waals surface area contributed by atoms with E-state index < -0.39 is 35.0 Å². The second-order valence-corrected chi connectivity index (χ2v) is 25.1. The zero-order valence-electron chi connectivity index (χ0n) is 53.3. The third kappa shape index (κ3) is 10.4. The fraction of sp³-hybridized carbons (Fsp3) is 0.449. The number of H-pyrrole nitrogens is 4. The zero-order valence-corrected chi connectivity index (χ0v) is 53.3. The van der Waals surface area contributed by atoms with Crippen LogP contribution in [-0.2, 0) is 38.7 Å². The molecule has 6 aromatic heterocycles. The molecule has 0 spiro atoms. The fourth-order valence-electron chi connectivity index (χ4n) is 13.5. The summed E-state index contributed by atoms with van der Waals surface area (Å²) >= 11 is 0. The summed E-state index contributed by atoms with van der Waals surface area (Å²) in [5.41, 5.74) is 19.7. The summed E-state index contributed by atoms with van der Waals surface area (Å²) in [6, 6.07) is 12.4. The molecule has 4 N–H and O–H groups in total. The molecule has 0 radical (unpaired) electrons. The molecule has 0 amide bonds. The molecule has 87 heavy (non-hydrogen) atoms. The lowest BCUT2D eigenvalue weighted by atomic mass is 9.78. The number of esters is 4. The number of carbonyl (C=O) groups excluding carboxylic acids is 6. The lowest BCUT2D eigenvalue weighted by Crippen LogP contribution is -2.26. The molecule has 456 valence electrons. The Morgan fingerprint density at radius 2 is 0.816 bits per heavy atom. The van der Waals surface area contributed by atoms with Gasteiger partial charge in [0.05, 0.1) is 67.4 Å². The molecule has 0 aromatic carbocycles. The van der Waals surface area contributed by atoms with Gasteiger partial charge in [-0.25, -0.2) is 9.59 Å². The van der Waals surface area contributed by atoms with Gasteiger partial charge in [-0.3, -0.25) is 39.1 Å². The molecular weight excluding hydrogens is 1100 g/mol. The Balaban J connectivity index is 0.000000194. The van der Waals surface area contributed by atoms with Crippen molar-refractivity contribution in [1.82, 2.24) is 39.9 Å². The summed E-state index contributed by atoms with van der Waals surface area (Å²) in [5.74, 6) is -3.38. The van der Waals surface area contributed by atoms with Crippen molar-refractivity contribution in [3.05, 3.63) is 138 Å². The molecule has 1 aliphatic carbocycles. The van der Waals surface area contributed by atoms with E-state index >= 15 is 0 Å². The maximum absolute atomic E-state index is 14.0. The Morgan fingerprint density at radius 1 is 0.448 bits per heavy atom. The number of aromatic nitrogens is 8. The normalized spacial score (nSPS) is 20.8. The second kappa shape index (κ2) is 23.3. The minimum Gasteiger partial charge on any atom is -0.469 e. The molecule has 0 saturated heterocycles. The average Bonchev–Trinajstić information content (AvgIpc) is 1.56. The zero-order chi connectivity index (χ0) is 63.2. The van der Waals surface area contributed by atoms with Crippen molar-refractivity contribution in [1.29, 1.82) is 0 Å². The van der Waals surface area contributed by atoms with Crippen molar-refractivity contribution < 1.29 is 47.7 Å². The van der Waals surface area contributed by atoms with E-state index in [9.17, 15) is 28.8 Å². The van der Waals surface area contributed by atoms with Gasteiger partial charge in [-0.2, -0.15) is 0 Å². The largest absolute Gasteiger partial charge is 0.469 e. The van der Waals surface area contributed by atoms with Crippen molar-refractivity contribution in [3.8, 4) is 0 Å². The van der Waals surface area contributed by atoms with E-state index in [1.54, 1.807) is 6.92 Å². The molecular formula is C69H80N8O10. The maximum atomic E-state index is 14.0. The molecule has 18 nitrogen and oxygen atoms in total. The topological polar surface area (TPSA) is 254 Å². The summed E-state index contributed by atoms with van der Waals surface area (Å²) in [4.78, 5) is 113. The van der Waals surface area contributed by atoms with Crippen LogP contribution in [0.3, 0.4) is 0 Å². The van der Waals surface area contributed by atoms with Crippen LogP contribution < -0.4 is 0 Å². The number of rotatable bonds is 9. The number of hydrogen-bond donors (Lipinski definition) is 4. The van der Waals surface area contributed by atoms with Gasteiger partial charge in [-0.15, -0.1) is 0 Å². The first-order chi connectivity index (χ1) is 41.2. The number of ketones is 2. The van der Waals surface area contributed by atoms with Crippen LogP contribution in [0.4, 0.5) is 0 Å². The molecule has 4 aliphatic heterocycles. The maximum Gasteiger partial charge on any atom is 0.379 e. The lowest BCUT2D eigenvalue weighted by molar-refractivity contribution is -0.141. The summed E-state index contributed by atoms with van der Waals surface area (Å²) in [7, 11) is 5.12. The molecule has 8 atom stereocenters. The van der Waals surface area contributed by atoms with Gasteiger partial charge < -0.3 is 38.9 Å². The number of nitrogens with zero attached hydrogens (tertiary/aromatic N) is 4. The van der Waals surface area contributed by atoms with Gasteiger partial charge in [0, 0.05) is 139 Å². The highest BCUT2D eigenvalue weighted by Crippen LogP contribution is 2.50. The van der Waals surface area contributed by atoms with Crippen molar-refractivity contribution in [2.75, 3.05) is 28.4 Å². The van der Waals surface area contributed by atoms with Gasteiger partial charge in [0.25, 0.3) is 5.78 Å². The minimum absolute atomic E-state index is 0.0284. The Bertz CT molecular complexity index is 4270. The number of aromatic amines is 4. The summed E-state index contributed by atoms with van der Waals surface area (Å²) in [6.45, 7) is 28.9. The molecule has 6 aromatic rings. The molecule has 0 fully saturated rings. The van der Waals surface area contributed by atoms with Crippen molar-refractivity contribution in [2.24, 2.45) is 0 Å². The Hall–Kier alpha value is -8.54. The molecule has 0 saturated carbocycles. The number of hydrogen-bond acceptors (Lipinski definition) is 14. The van der Waals surface area contributed by atoms with Crippen molar-refractivity contribution in [2.45, 2.75) is 175 Å². The van der Waals surface area contributed by atoms with E-state index in [1.807, 2.05) is 46.8 Å². The predicted molar refractivity (Wildman–Crippen MR) is 334 cm³/mol. The number of nitrogens with one attached hydrogen (secondary N) is 4. The number of methoxy groups -OCH3 is 4. The first-order valence-electron chi connectivity index (χ1n) is 30.1. The number of Topliss-reactive ketones (excluding diaryl/α,β-unsaturated/α-hetero) is 2. The van der Waals surface area contributed by atoms with Gasteiger partial charge in [0.15, 0.2) is 5.78 Å². The van der Waals surface area contributed by atoms with E-state index in [2.05, 4.69) is 99.6 Å². The first-order valence-corrected chi connectivity index (χ1v) is 30.1. The van der Waals surface area contributed by atoms with Crippen molar-refractivity contribution >= 4 is 79.6 Å². The molecule has 18 heteroatoms. The molecule has 11 rings (SSSR count). The summed E-state index contributed by atoms with van der Waals surface area (Å²) < 4.78 is 20.0. The fourth-order valence-corrected chi connectivity index (χ4v) is 13.5. The number of fused-ring (bicyclic) bond motifs is 16.